The van der Waals surface area contributed by atoms with E-state index in [0.717, 1.165) is 29.9 Å². The highest BCUT2D eigenvalue weighted by molar-refractivity contribution is 5.56. The lowest BCUT2D eigenvalue weighted by atomic mass is 10.2. The summed E-state index contributed by atoms with van der Waals surface area (Å²) in [6.45, 7) is 0.546. The summed E-state index contributed by atoms with van der Waals surface area (Å²) in [4.78, 5) is 0. The second-order valence-corrected chi connectivity index (χ2v) is 4.57. The van der Waals surface area contributed by atoms with Gasteiger partial charge in [-0.15, -0.1) is 0 Å². The van der Waals surface area contributed by atoms with Crippen LogP contribution in [0.25, 0.3) is 6.08 Å². The van der Waals surface area contributed by atoms with E-state index in [1.807, 2.05) is 30.4 Å². The molecular formula is C15H21NO2. The summed E-state index contributed by atoms with van der Waals surface area (Å²) in [5, 5.41) is 0. The van der Waals surface area contributed by atoms with E-state index in [1.54, 1.807) is 7.11 Å². The molecule has 2 rings (SSSR count). The van der Waals surface area contributed by atoms with Crippen LogP contribution >= 0.6 is 0 Å². The summed E-state index contributed by atoms with van der Waals surface area (Å²) in [5.74, 6) is 1.63. The Kier molecular flexibility index (Phi) is 4.65. The molecule has 1 aliphatic rings. The first-order chi connectivity index (χ1) is 8.83. The predicted octanol–water partition coefficient (Wildman–Crippen LogP) is 2.99. The second kappa shape index (κ2) is 6.45. The zero-order valence-electron chi connectivity index (χ0n) is 10.9. The Morgan fingerprint density at radius 3 is 2.72 bits per heavy atom. The molecule has 0 heterocycles. The molecule has 98 valence electrons. The third-order valence-electron chi connectivity index (χ3n) is 3.23. The average Bonchev–Trinajstić information content (AvgIpc) is 2.89. The fourth-order valence-electron chi connectivity index (χ4n) is 2.28. The summed E-state index contributed by atoms with van der Waals surface area (Å²) in [6.07, 6.45) is 9.09. The third-order valence-corrected chi connectivity index (χ3v) is 3.23. The summed E-state index contributed by atoms with van der Waals surface area (Å²) in [7, 11) is 1.67. The van der Waals surface area contributed by atoms with Gasteiger partial charge in [-0.05, 0) is 43.4 Å². The fraction of sp³-hybridized carbons (Fsp3) is 0.467. The smallest absolute Gasteiger partial charge is 0.162 e. The molecule has 0 saturated heterocycles. The van der Waals surface area contributed by atoms with Crippen molar-refractivity contribution in [3.05, 3.63) is 29.8 Å². The van der Waals surface area contributed by atoms with Gasteiger partial charge in [-0.25, -0.2) is 0 Å². The normalized spacial score (nSPS) is 16.3. The molecule has 18 heavy (non-hydrogen) atoms. The highest BCUT2D eigenvalue weighted by Crippen LogP contribution is 2.32. The van der Waals surface area contributed by atoms with Crippen LogP contribution in [0.1, 0.15) is 31.2 Å². The standard InChI is InChI=1S/C15H21NO2/c1-17-14-9-8-12(5-4-10-16)11-15(14)18-13-6-2-3-7-13/h4-5,8-9,11,13H,2-3,6-7,10,16H2,1H3/b5-4+. The third kappa shape index (κ3) is 3.26. The Morgan fingerprint density at radius 2 is 2.06 bits per heavy atom. The number of benzene rings is 1. The zero-order valence-corrected chi connectivity index (χ0v) is 10.9. The number of rotatable bonds is 5. The molecule has 0 amide bonds. The Balaban J connectivity index is 2.15. The first-order valence-electron chi connectivity index (χ1n) is 6.55. The molecule has 0 spiro atoms. The van der Waals surface area contributed by atoms with Gasteiger partial charge in [0.1, 0.15) is 0 Å². The van der Waals surface area contributed by atoms with E-state index in [0.29, 0.717) is 12.6 Å². The van der Waals surface area contributed by atoms with E-state index >= 15 is 0 Å². The van der Waals surface area contributed by atoms with Crippen LogP contribution < -0.4 is 15.2 Å². The van der Waals surface area contributed by atoms with Crippen molar-refractivity contribution in [1.29, 1.82) is 0 Å². The maximum atomic E-state index is 6.03. The molecule has 0 unspecified atom stereocenters. The SMILES string of the molecule is COc1ccc(/C=C/CN)cc1OC1CCCC1. The van der Waals surface area contributed by atoms with Crippen LogP contribution in [0.2, 0.25) is 0 Å². The van der Waals surface area contributed by atoms with Crippen LogP contribution in [0.5, 0.6) is 11.5 Å². The Bertz CT molecular complexity index is 409. The van der Waals surface area contributed by atoms with Gasteiger partial charge in [0.25, 0.3) is 0 Å². The van der Waals surface area contributed by atoms with Gasteiger partial charge in [0, 0.05) is 6.54 Å². The summed E-state index contributed by atoms with van der Waals surface area (Å²) >= 11 is 0. The van der Waals surface area contributed by atoms with Crippen molar-refractivity contribution in [3.8, 4) is 11.5 Å². The Morgan fingerprint density at radius 1 is 1.28 bits per heavy atom. The number of ether oxygens (including phenoxy) is 2. The lowest BCUT2D eigenvalue weighted by molar-refractivity contribution is 0.201. The Labute approximate surface area is 109 Å². The number of methoxy groups -OCH3 is 1. The molecule has 1 fully saturated rings. The summed E-state index contributed by atoms with van der Waals surface area (Å²) in [6, 6.07) is 5.97. The quantitative estimate of drug-likeness (QED) is 0.870. The zero-order chi connectivity index (χ0) is 12.8. The van der Waals surface area contributed by atoms with Crippen molar-refractivity contribution >= 4 is 6.08 Å². The van der Waals surface area contributed by atoms with Crippen molar-refractivity contribution in [2.45, 2.75) is 31.8 Å². The first kappa shape index (κ1) is 13.0. The largest absolute Gasteiger partial charge is 0.493 e. The molecule has 0 atom stereocenters. The van der Waals surface area contributed by atoms with Crippen LogP contribution in [0.4, 0.5) is 0 Å². The molecule has 1 aliphatic carbocycles. The monoisotopic (exact) mass is 247 g/mol. The van der Waals surface area contributed by atoms with Crippen molar-refractivity contribution in [3.63, 3.8) is 0 Å². The van der Waals surface area contributed by atoms with Crippen LogP contribution in [-0.4, -0.2) is 19.8 Å². The van der Waals surface area contributed by atoms with E-state index in [2.05, 4.69) is 0 Å². The molecule has 1 aromatic carbocycles. The van der Waals surface area contributed by atoms with E-state index in [1.165, 1.54) is 12.8 Å². The van der Waals surface area contributed by atoms with Crippen molar-refractivity contribution in [2.75, 3.05) is 13.7 Å². The van der Waals surface area contributed by atoms with Crippen LogP contribution in [-0.2, 0) is 0 Å². The molecule has 0 radical (unpaired) electrons. The predicted molar refractivity (Wildman–Crippen MR) is 74.0 cm³/mol. The van der Waals surface area contributed by atoms with Crippen LogP contribution in [0, 0.1) is 0 Å². The molecule has 2 N–H and O–H groups in total. The van der Waals surface area contributed by atoms with Crippen molar-refractivity contribution in [1.82, 2.24) is 0 Å². The van der Waals surface area contributed by atoms with Crippen LogP contribution in [0.15, 0.2) is 24.3 Å². The molecule has 3 heteroatoms. The molecule has 0 bridgehead atoms. The second-order valence-electron chi connectivity index (χ2n) is 4.57. The fourth-order valence-corrected chi connectivity index (χ4v) is 2.28. The molecule has 0 aliphatic heterocycles. The maximum absolute atomic E-state index is 6.03. The van der Waals surface area contributed by atoms with E-state index < -0.39 is 0 Å². The summed E-state index contributed by atoms with van der Waals surface area (Å²) in [5.41, 5.74) is 6.55. The number of hydrogen-bond acceptors (Lipinski definition) is 3. The molecular weight excluding hydrogens is 226 g/mol. The molecule has 1 saturated carbocycles. The lowest BCUT2D eigenvalue weighted by Gasteiger charge is -2.16. The van der Waals surface area contributed by atoms with E-state index in [9.17, 15) is 0 Å². The highest BCUT2D eigenvalue weighted by atomic mass is 16.5. The minimum absolute atomic E-state index is 0.340. The molecule has 3 nitrogen and oxygen atoms in total. The van der Waals surface area contributed by atoms with Gasteiger partial charge in [0.05, 0.1) is 13.2 Å². The van der Waals surface area contributed by atoms with Gasteiger partial charge in [0.2, 0.25) is 0 Å². The van der Waals surface area contributed by atoms with Gasteiger partial charge in [-0.2, -0.15) is 0 Å². The van der Waals surface area contributed by atoms with E-state index in [-0.39, 0.29) is 0 Å². The Hall–Kier alpha value is -1.48. The van der Waals surface area contributed by atoms with Gasteiger partial charge in [0.15, 0.2) is 11.5 Å². The average molecular weight is 247 g/mol. The minimum Gasteiger partial charge on any atom is -0.493 e. The minimum atomic E-state index is 0.340. The number of hydrogen-bond donors (Lipinski definition) is 1. The lowest BCUT2D eigenvalue weighted by Crippen LogP contribution is -2.11. The molecule has 1 aromatic rings. The van der Waals surface area contributed by atoms with E-state index in [4.69, 9.17) is 15.2 Å². The topological polar surface area (TPSA) is 44.5 Å². The number of nitrogens with two attached hydrogens (primary N) is 1. The summed E-state index contributed by atoms with van der Waals surface area (Å²) < 4.78 is 11.4. The van der Waals surface area contributed by atoms with Gasteiger partial charge < -0.3 is 15.2 Å². The van der Waals surface area contributed by atoms with Gasteiger partial charge in [-0.3, -0.25) is 0 Å². The first-order valence-corrected chi connectivity index (χ1v) is 6.55. The van der Waals surface area contributed by atoms with Crippen molar-refractivity contribution < 1.29 is 9.47 Å². The highest BCUT2D eigenvalue weighted by Gasteiger charge is 2.18. The molecule has 0 aromatic heterocycles. The van der Waals surface area contributed by atoms with Gasteiger partial charge >= 0.3 is 0 Å². The maximum Gasteiger partial charge on any atom is 0.162 e. The van der Waals surface area contributed by atoms with Gasteiger partial charge in [-0.1, -0.05) is 18.2 Å². The van der Waals surface area contributed by atoms with Crippen LogP contribution in [0.3, 0.4) is 0 Å². The van der Waals surface area contributed by atoms with Crippen molar-refractivity contribution in [2.24, 2.45) is 5.73 Å².